The summed E-state index contributed by atoms with van der Waals surface area (Å²) in [5.74, 6) is 0.0181. The number of carbonyl (C=O) groups is 1. The van der Waals surface area contributed by atoms with Gasteiger partial charge in [-0.05, 0) is 109 Å². The van der Waals surface area contributed by atoms with Crippen LogP contribution in [0.25, 0.3) is 0 Å². The Morgan fingerprint density at radius 2 is 1.35 bits per heavy atom. The average molecular weight is 781 g/mol. The monoisotopic (exact) mass is 780 g/mol. The topological polar surface area (TPSA) is 216 Å². The van der Waals surface area contributed by atoms with Crippen LogP contribution in [0.2, 0.25) is 0 Å². The van der Waals surface area contributed by atoms with Crippen molar-refractivity contribution in [2.45, 2.75) is 180 Å². The lowest BCUT2D eigenvalue weighted by atomic mass is 9.33. The van der Waals surface area contributed by atoms with Gasteiger partial charge in [0.05, 0.1) is 24.7 Å². The van der Waals surface area contributed by atoms with Gasteiger partial charge in [-0.1, -0.05) is 60.1 Å². The fraction of sp³-hybridized carbons (Fsp3) is 0.929. The highest BCUT2D eigenvalue weighted by atomic mass is 16.8. The maximum Gasteiger partial charge on any atom is 0.310 e. The molecule has 0 radical (unpaired) electrons. The van der Waals surface area contributed by atoms with E-state index in [0.717, 1.165) is 51.4 Å². The van der Waals surface area contributed by atoms with E-state index in [1.54, 1.807) is 0 Å². The number of aliphatic carboxylic acids is 1. The molecule has 13 nitrogen and oxygen atoms in total. The maximum atomic E-state index is 13.1. The smallest absolute Gasteiger partial charge is 0.310 e. The lowest BCUT2D eigenvalue weighted by Crippen LogP contribution is -2.67. The number of fused-ring (bicyclic) bond motifs is 7. The minimum atomic E-state index is -1.75. The van der Waals surface area contributed by atoms with Crippen LogP contribution in [-0.4, -0.2) is 128 Å². The Balaban J connectivity index is 1.15. The van der Waals surface area contributed by atoms with Gasteiger partial charge in [-0.15, -0.1) is 0 Å². The number of rotatable bonds is 7. The fourth-order valence-corrected chi connectivity index (χ4v) is 13.7. The number of carboxylic acids is 1. The van der Waals surface area contributed by atoms with Gasteiger partial charge < -0.3 is 59.8 Å². The van der Waals surface area contributed by atoms with Gasteiger partial charge in [0.25, 0.3) is 0 Å². The normalized spacial score (nSPS) is 53.2. The molecule has 314 valence electrons. The molecule has 18 atom stereocenters. The second kappa shape index (κ2) is 14.2. The molecule has 7 rings (SSSR count). The maximum absolute atomic E-state index is 13.1. The zero-order chi connectivity index (χ0) is 40.3. The van der Waals surface area contributed by atoms with Crippen molar-refractivity contribution >= 4 is 5.97 Å². The Morgan fingerprint density at radius 1 is 0.727 bits per heavy atom. The van der Waals surface area contributed by atoms with E-state index in [1.807, 2.05) is 0 Å². The minimum Gasteiger partial charge on any atom is -0.481 e. The van der Waals surface area contributed by atoms with Crippen LogP contribution in [0.4, 0.5) is 0 Å². The number of aliphatic hydroxyl groups is 7. The zero-order valence-corrected chi connectivity index (χ0v) is 33.8. The summed E-state index contributed by atoms with van der Waals surface area (Å²) < 4.78 is 24.4. The molecule has 2 saturated heterocycles. The number of hydrogen-bond donors (Lipinski definition) is 8. The SMILES string of the molecule is CC1(C)CC[C@]2(C(=O)O)CC[C@@]3(C)C(=CC[C@@H]4[C@]5(C)CC[C@H](O[C@@H]6O[C@H](CO)[C@H](O)[C@H](O)[C@@H]6O[C@H]6O[C@@H](CO)[C@@H](O)[C@@H](O)[C@@H]6O)C(C)(C)[C@H]5CC[C@@]43C)[C@H]2C1. The lowest BCUT2D eigenvalue weighted by molar-refractivity contribution is -0.378. The van der Waals surface area contributed by atoms with Crippen LogP contribution < -0.4 is 0 Å². The summed E-state index contributed by atoms with van der Waals surface area (Å²) in [6, 6.07) is 0. The van der Waals surface area contributed by atoms with Crippen molar-refractivity contribution in [1.82, 2.24) is 0 Å². The molecule has 2 aliphatic heterocycles. The Labute approximate surface area is 325 Å². The highest BCUT2D eigenvalue weighted by molar-refractivity contribution is 5.76. The Bertz CT molecular complexity index is 1480. The van der Waals surface area contributed by atoms with Gasteiger partial charge in [-0.2, -0.15) is 0 Å². The van der Waals surface area contributed by atoms with Crippen molar-refractivity contribution < 1.29 is 64.6 Å². The van der Waals surface area contributed by atoms with Gasteiger partial charge in [0, 0.05) is 0 Å². The lowest BCUT2D eigenvalue weighted by Gasteiger charge is -2.71. The van der Waals surface area contributed by atoms with Crippen molar-refractivity contribution in [3.05, 3.63) is 11.6 Å². The summed E-state index contributed by atoms with van der Waals surface area (Å²) in [4.78, 5) is 13.1. The predicted molar refractivity (Wildman–Crippen MR) is 198 cm³/mol. The molecule has 2 heterocycles. The Kier molecular flexibility index (Phi) is 10.8. The van der Waals surface area contributed by atoms with Crippen molar-refractivity contribution in [2.75, 3.05) is 13.2 Å². The van der Waals surface area contributed by atoms with Crippen LogP contribution in [0.3, 0.4) is 0 Å². The molecular formula is C42H68O13. The van der Waals surface area contributed by atoms with Gasteiger partial charge in [0.1, 0.15) is 48.8 Å². The molecule has 0 aromatic carbocycles. The van der Waals surface area contributed by atoms with E-state index < -0.39 is 91.4 Å². The molecule has 0 bridgehead atoms. The number of aliphatic hydroxyl groups excluding tert-OH is 7. The van der Waals surface area contributed by atoms with Crippen LogP contribution in [0.5, 0.6) is 0 Å². The van der Waals surface area contributed by atoms with Crippen molar-refractivity contribution in [3.8, 4) is 0 Å². The summed E-state index contributed by atoms with van der Waals surface area (Å²) in [6.45, 7) is 15.1. The van der Waals surface area contributed by atoms with Crippen molar-refractivity contribution in [1.29, 1.82) is 0 Å². The van der Waals surface area contributed by atoms with Crippen LogP contribution in [0, 0.1) is 50.2 Å². The number of carboxylic acid groups (broad SMARTS) is 1. The molecule has 0 amide bonds. The fourth-order valence-electron chi connectivity index (χ4n) is 13.7. The summed E-state index contributed by atoms with van der Waals surface area (Å²) in [6.07, 6.45) is -4.41. The third-order valence-corrected chi connectivity index (χ3v) is 17.3. The molecular weight excluding hydrogens is 712 g/mol. The van der Waals surface area contributed by atoms with Crippen LogP contribution in [0.1, 0.15) is 113 Å². The van der Waals surface area contributed by atoms with Gasteiger partial charge in [-0.25, -0.2) is 0 Å². The quantitative estimate of drug-likeness (QED) is 0.138. The molecule has 0 aromatic rings. The van der Waals surface area contributed by atoms with Crippen molar-refractivity contribution in [3.63, 3.8) is 0 Å². The molecule has 4 saturated carbocycles. The molecule has 13 heteroatoms. The summed E-state index contributed by atoms with van der Waals surface area (Å²) in [5.41, 5.74) is 0.210. The first kappa shape index (κ1) is 41.9. The van der Waals surface area contributed by atoms with E-state index >= 15 is 0 Å². The van der Waals surface area contributed by atoms with Crippen LogP contribution in [0.15, 0.2) is 11.6 Å². The average Bonchev–Trinajstić information content (AvgIpc) is 3.12. The zero-order valence-electron chi connectivity index (χ0n) is 33.8. The molecule has 55 heavy (non-hydrogen) atoms. The van der Waals surface area contributed by atoms with E-state index in [-0.39, 0.29) is 39.6 Å². The summed E-state index contributed by atoms with van der Waals surface area (Å²) in [7, 11) is 0. The molecule has 0 aromatic heterocycles. The second-order valence-electron chi connectivity index (χ2n) is 20.7. The summed E-state index contributed by atoms with van der Waals surface area (Å²) in [5, 5.41) is 84.1. The third kappa shape index (κ3) is 6.23. The van der Waals surface area contributed by atoms with Crippen molar-refractivity contribution in [2.24, 2.45) is 50.2 Å². The third-order valence-electron chi connectivity index (χ3n) is 17.3. The van der Waals surface area contributed by atoms with Gasteiger partial charge in [0.15, 0.2) is 12.6 Å². The molecule has 5 aliphatic carbocycles. The second-order valence-corrected chi connectivity index (χ2v) is 20.7. The number of allylic oxidation sites excluding steroid dienone is 2. The molecule has 0 spiro atoms. The molecule has 6 fully saturated rings. The van der Waals surface area contributed by atoms with Gasteiger partial charge >= 0.3 is 5.97 Å². The van der Waals surface area contributed by atoms with Crippen LogP contribution >= 0.6 is 0 Å². The van der Waals surface area contributed by atoms with E-state index in [9.17, 15) is 45.6 Å². The van der Waals surface area contributed by atoms with E-state index in [0.29, 0.717) is 18.8 Å². The number of ether oxygens (including phenoxy) is 4. The van der Waals surface area contributed by atoms with E-state index in [4.69, 9.17) is 18.9 Å². The standard InChI is InChI=1S/C42H68O13/c1-37(2)14-16-42(36(50)51)17-15-40(6)21(22(42)18-37)8-9-26-39(5)12-11-27(38(3,4)25(39)10-13-41(26,40)7)54-35-33(31(48)29(46)24(20-44)53-35)55-34-32(49)30(47)28(45)23(19-43)52-34/h8,22-35,43-49H,9-20H2,1-7H3,(H,50,51)/t22-,23+,24-,25-,26-,27+,28-,29+,30-,31+,32+,33+,34-,35+,39-,40+,41+,42+/m1/s1. The van der Waals surface area contributed by atoms with Gasteiger partial charge in [0.2, 0.25) is 0 Å². The first-order valence-corrected chi connectivity index (χ1v) is 20.8. The Hall–Kier alpha value is -1.23. The molecule has 7 aliphatic rings. The predicted octanol–water partition coefficient (Wildman–Crippen LogP) is 2.88. The first-order valence-electron chi connectivity index (χ1n) is 20.8. The highest BCUT2D eigenvalue weighted by Crippen LogP contribution is 2.76. The first-order chi connectivity index (χ1) is 25.6. The molecule has 8 N–H and O–H groups in total. The molecule has 0 unspecified atom stereocenters. The summed E-state index contributed by atoms with van der Waals surface area (Å²) >= 11 is 0. The van der Waals surface area contributed by atoms with Gasteiger partial charge in [-0.3, -0.25) is 4.79 Å². The van der Waals surface area contributed by atoms with E-state index in [1.165, 1.54) is 5.57 Å². The highest BCUT2D eigenvalue weighted by Gasteiger charge is 2.69. The van der Waals surface area contributed by atoms with E-state index in [2.05, 4.69) is 54.5 Å². The number of hydrogen-bond acceptors (Lipinski definition) is 12. The largest absolute Gasteiger partial charge is 0.481 e. The minimum absolute atomic E-state index is 0.0240. The Morgan fingerprint density at radius 3 is 1.98 bits per heavy atom. The van der Waals surface area contributed by atoms with Crippen LogP contribution in [-0.2, 0) is 23.7 Å².